The van der Waals surface area contributed by atoms with Crippen LogP contribution in [0.1, 0.15) is 28.4 Å². The molecule has 0 radical (unpaired) electrons. The second-order valence-corrected chi connectivity index (χ2v) is 10.9. The van der Waals surface area contributed by atoms with Crippen LogP contribution in [-0.2, 0) is 20.0 Å². The van der Waals surface area contributed by atoms with Gasteiger partial charge in [-0.1, -0.05) is 41.9 Å². The molecule has 1 aliphatic rings. The largest absolute Gasteiger partial charge is 0.309 e. The van der Waals surface area contributed by atoms with Crippen LogP contribution in [-0.4, -0.2) is 19.3 Å². The molecule has 35 heavy (non-hydrogen) atoms. The number of benzene rings is 3. The Hall–Kier alpha value is -2.62. The monoisotopic (exact) mass is 610 g/mol. The molecule has 0 bridgehead atoms. The van der Waals surface area contributed by atoms with Crippen molar-refractivity contribution in [3.05, 3.63) is 108 Å². The Bertz CT molecular complexity index is 1680. The van der Waals surface area contributed by atoms with Crippen molar-refractivity contribution in [2.24, 2.45) is 7.05 Å². The lowest BCUT2D eigenvalue weighted by Crippen LogP contribution is -2.17. The van der Waals surface area contributed by atoms with Gasteiger partial charge in [-0.3, -0.25) is 4.79 Å². The first-order chi connectivity index (χ1) is 16.9. The first kappa shape index (κ1) is 22.8. The van der Waals surface area contributed by atoms with Crippen molar-refractivity contribution in [3.63, 3.8) is 0 Å². The molecule has 0 aliphatic carbocycles. The number of pyridine rings is 1. The zero-order valence-electron chi connectivity index (χ0n) is 18.7. The smallest absolute Gasteiger partial charge is 0.251 e. The summed E-state index contributed by atoms with van der Waals surface area (Å²) in [6.45, 7) is 0.683. The lowest BCUT2D eigenvalue weighted by atomic mass is 9.87. The molecule has 0 fully saturated rings. The van der Waals surface area contributed by atoms with Crippen LogP contribution in [0.4, 0.5) is 0 Å². The highest BCUT2D eigenvalue weighted by Crippen LogP contribution is 2.39. The Morgan fingerprint density at radius 1 is 1.03 bits per heavy atom. The van der Waals surface area contributed by atoms with Crippen LogP contribution in [0.2, 0.25) is 5.02 Å². The molecule has 3 aromatic carbocycles. The molecule has 0 amide bonds. The predicted molar refractivity (Wildman–Crippen MR) is 151 cm³/mol. The minimum absolute atomic E-state index is 0.0150. The molecule has 8 heteroatoms. The van der Waals surface area contributed by atoms with Gasteiger partial charge in [0.15, 0.2) is 5.16 Å². The van der Waals surface area contributed by atoms with Gasteiger partial charge in [-0.15, -0.1) is 22.8 Å². The zero-order valence-corrected chi connectivity index (χ0v) is 22.6. The van der Waals surface area contributed by atoms with Gasteiger partial charge in [0.05, 0.1) is 11.4 Å². The fraction of sp³-hybridized carbons (Fsp3) is 0.148. The Morgan fingerprint density at radius 3 is 2.54 bits per heavy atom. The predicted octanol–water partition coefficient (Wildman–Crippen LogP) is 6.08. The molecule has 0 spiro atoms. The number of nitrogens with zero attached hydrogens (tertiary/aromatic N) is 4. The summed E-state index contributed by atoms with van der Waals surface area (Å²) in [6, 6.07) is 22.3. The summed E-state index contributed by atoms with van der Waals surface area (Å²) in [5.41, 5.74) is 6.24. The molecule has 1 unspecified atom stereocenters. The highest BCUT2D eigenvalue weighted by Gasteiger charge is 2.27. The third-order valence-corrected chi connectivity index (χ3v) is 8.07. The van der Waals surface area contributed by atoms with Gasteiger partial charge in [0.25, 0.3) is 5.56 Å². The van der Waals surface area contributed by atoms with Gasteiger partial charge in [-0.05, 0) is 87.2 Å². The molecular formula is C27H20ClIN4OS. The van der Waals surface area contributed by atoms with E-state index in [4.69, 9.17) is 11.6 Å². The summed E-state index contributed by atoms with van der Waals surface area (Å²) >= 11 is 13.1. The number of rotatable bonds is 4. The van der Waals surface area contributed by atoms with Gasteiger partial charge in [0.2, 0.25) is 0 Å². The number of hydrogen-bond donors (Lipinski definition) is 1. The van der Waals surface area contributed by atoms with Gasteiger partial charge < -0.3 is 9.13 Å². The Morgan fingerprint density at radius 2 is 1.83 bits per heavy atom. The minimum Gasteiger partial charge on any atom is -0.309 e. The van der Waals surface area contributed by atoms with Gasteiger partial charge in [-0.25, -0.2) is 0 Å². The van der Waals surface area contributed by atoms with E-state index in [1.165, 1.54) is 9.13 Å². The zero-order chi connectivity index (χ0) is 24.3. The lowest BCUT2D eigenvalue weighted by molar-refractivity contribution is 0.718. The molecular weight excluding hydrogens is 591 g/mol. The van der Waals surface area contributed by atoms with Crippen LogP contribution in [0.3, 0.4) is 0 Å². The Kier molecular flexibility index (Phi) is 5.74. The average molecular weight is 611 g/mol. The first-order valence-corrected chi connectivity index (χ1v) is 13.1. The molecule has 6 rings (SSSR count). The third-order valence-electron chi connectivity index (χ3n) is 6.73. The standard InChI is InChI=1S/C27H20ClIN4OS/c1-32-26(30-31-27(32)35)24(15-5-7-20(29)8-6-15)18-11-17-9-10-33-23(34)14-21(22(13-18)25(17)33)16-3-2-4-19(28)12-16/h2-8,11-14,24H,9-10H2,1H3,(H,31,35). The van der Waals surface area contributed by atoms with Crippen molar-refractivity contribution in [3.8, 4) is 11.1 Å². The minimum atomic E-state index is -0.140. The van der Waals surface area contributed by atoms with Crippen LogP contribution < -0.4 is 5.56 Å². The molecule has 5 nitrogen and oxygen atoms in total. The fourth-order valence-corrected chi connectivity index (χ4v) is 5.77. The fourth-order valence-electron chi connectivity index (χ4n) is 5.07. The van der Waals surface area contributed by atoms with E-state index in [9.17, 15) is 4.79 Å². The van der Waals surface area contributed by atoms with Gasteiger partial charge in [0.1, 0.15) is 5.82 Å². The van der Waals surface area contributed by atoms with Crippen molar-refractivity contribution in [2.75, 3.05) is 0 Å². The van der Waals surface area contributed by atoms with Crippen molar-refractivity contribution < 1.29 is 0 Å². The summed E-state index contributed by atoms with van der Waals surface area (Å²) in [4.78, 5) is 13.0. The highest BCUT2D eigenvalue weighted by molar-refractivity contribution is 14.1. The first-order valence-electron chi connectivity index (χ1n) is 11.2. The van der Waals surface area contributed by atoms with Crippen molar-refractivity contribution in [1.29, 1.82) is 0 Å². The Balaban J connectivity index is 1.66. The summed E-state index contributed by atoms with van der Waals surface area (Å²) in [7, 11) is 1.94. The molecule has 1 atom stereocenters. The van der Waals surface area contributed by atoms with Gasteiger partial charge in [0, 0.05) is 33.6 Å². The molecule has 0 saturated carbocycles. The molecule has 3 heterocycles. The number of thiol groups is 1. The number of halogens is 2. The van der Waals surface area contributed by atoms with E-state index in [1.807, 2.05) is 40.4 Å². The summed E-state index contributed by atoms with van der Waals surface area (Å²) in [6.07, 6.45) is 0.814. The van der Waals surface area contributed by atoms with Crippen LogP contribution in [0.25, 0.3) is 22.0 Å². The van der Waals surface area contributed by atoms with E-state index in [2.05, 4.69) is 81.8 Å². The van der Waals surface area contributed by atoms with E-state index in [0.717, 1.165) is 45.4 Å². The molecule has 0 N–H and O–H groups in total. The second-order valence-electron chi connectivity index (χ2n) is 8.79. The van der Waals surface area contributed by atoms with Crippen molar-refractivity contribution >= 4 is 57.7 Å². The molecule has 5 aromatic rings. The van der Waals surface area contributed by atoms with Crippen LogP contribution in [0.15, 0.2) is 76.7 Å². The molecule has 2 aromatic heterocycles. The maximum atomic E-state index is 13.0. The summed E-state index contributed by atoms with van der Waals surface area (Å²) in [5.74, 6) is 0.678. The molecule has 0 saturated heterocycles. The third kappa shape index (κ3) is 3.90. The quantitative estimate of drug-likeness (QED) is 0.198. The van der Waals surface area contributed by atoms with E-state index >= 15 is 0 Å². The summed E-state index contributed by atoms with van der Waals surface area (Å²) in [5, 5.41) is 11.0. The average Bonchev–Trinajstić information content (AvgIpc) is 3.42. The van der Waals surface area contributed by atoms with Crippen LogP contribution >= 0.6 is 46.8 Å². The van der Waals surface area contributed by atoms with Gasteiger partial charge in [-0.2, -0.15) is 0 Å². The maximum absolute atomic E-state index is 13.0. The number of hydrogen-bond acceptors (Lipinski definition) is 4. The van der Waals surface area contributed by atoms with Crippen molar-refractivity contribution in [2.45, 2.75) is 24.0 Å². The number of aryl methyl sites for hydroxylation is 2. The van der Waals surface area contributed by atoms with Crippen LogP contribution in [0.5, 0.6) is 0 Å². The SMILES string of the molecule is Cn1c(S)nnc1C(c1ccc(I)cc1)c1cc2c3c(c1)c(-c1cccc(Cl)c1)cc(=O)n3CC2. The van der Waals surface area contributed by atoms with Crippen LogP contribution in [0, 0.1) is 3.57 Å². The second kappa shape index (κ2) is 8.80. The number of aromatic nitrogens is 4. The van der Waals surface area contributed by atoms with Gasteiger partial charge >= 0.3 is 0 Å². The molecule has 1 aliphatic heterocycles. The lowest BCUT2D eigenvalue weighted by Gasteiger charge is -2.20. The normalized spacial score (nSPS) is 13.5. The van der Waals surface area contributed by atoms with E-state index < -0.39 is 0 Å². The van der Waals surface area contributed by atoms with Crippen molar-refractivity contribution in [1.82, 2.24) is 19.3 Å². The van der Waals surface area contributed by atoms with E-state index in [0.29, 0.717) is 16.7 Å². The summed E-state index contributed by atoms with van der Waals surface area (Å²) < 4.78 is 4.98. The maximum Gasteiger partial charge on any atom is 0.251 e. The topological polar surface area (TPSA) is 52.7 Å². The molecule has 174 valence electrons. The Labute approximate surface area is 226 Å². The van der Waals surface area contributed by atoms with E-state index in [-0.39, 0.29) is 11.5 Å². The highest BCUT2D eigenvalue weighted by atomic mass is 127. The van der Waals surface area contributed by atoms with E-state index in [1.54, 1.807) is 6.07 Å².